The number of hydrogen-bond acceptors (Lipinski definition) is 2. The Morgan fingerprint density at radius 2 is 2.16 bits per heavy atom. The molecule has 0 bridgehead atoms. The van der Waals surface area contributed by atoms with Crippen molar-refractivity contribution >= 4 is 0 Å². The van der Waals surface area contributed by atoms with E-state index in [1.807, 2.05) is 24.3 Å². The molecular formula is C17H22O2. The van der Waals surface area contributed by atoms with Crippen LogP contribution in [0.4, 0.5) is 0 Å². The minimum atomic E-state index is 0.107. The third-order valence-electron chi connectivity index (χ3n) is 3.53. The van der Waals surface area contributed by atoms with E-state index in [4.69, 9.17) is 9.84 Å². The summed E-state index contributed by atoms with van der Waals surface area (Å²) in [5.41, 5.74) is 0.925. The number of ether oxygens (including phenoxy) is 1. The van der Waals surface area contributed by atoms with Crippen LogP contribution in [0.25, 0.3) is 0 Å². The van der Waals surface area contributed by atoms with Gasteiger partial charge in [-0.25, -0.2) is 0 Å². The predicted octanol–water partition coefficient (Wildman–Crippen LogP) is 3.38. The third-order valence-corrected chi connectivity index (χ3v) is 3.53. The molecule has 0 saturated heterocycles. The standard InChI is InChI=1S/C17H22O2/c1-14-7-6-10-16(13-14)19-17-11-3-2-8-15(17)9-4-5-12-18/h2-3,8,11,14,16,18H,5-7,10,12-13H2,1H3. The van der Waals surface area contributed by atoms with Crippen LogP contribution >= 0.6 is 0 Å². The van der Waals surface area contributed by atoms with Gasteiger partial charge in [0.25, 0.3) is 0 Å². The average molecular weight is 258 g/mol. The summed E-state index contributed by atoms with van der Waals surface area (Å²) in [5, 5.41) is 8.77. The topological polar surface area (TPSA) is 29.5 Å². The Labute approximate surface area is 115 Å². The van der Waals surface area contributed by atoms with Crippen molar-refractivity contribution in [2.24, 2.45) is 5.92 Å². The van der Waals surface area contributed by atoms with E-state index in [1.165, 1.54) is 12.8 Å². The zero-order valence-electron chi connectivity index (χ0n) is 11.6. The SMILES string of the molecule is CC1CCCC(Oc2ccccc2C#CCCO)C1. The minimum Gasteiger partial charge on any atom is -0.489 e. The summed E-state index contributed by atoms with van der Waals surface area (Å²) < 4.78 is 6.12. The Bertz CT molecular complexity index is 456. The molecule has 1 aliphatic carbocycles. The summed E-state index contributed by atoms with van der Waals surface area (Å²) in [7, 11) is 0. The highest BCUT2D eigenvalue weighted by Gasteiger charge is 2.20. The highest BCUT2D eigenvalue weighted by atomic mass is 16.5. The fraction of sp³-hybridized carbons (Fsp3) is 0.529. The lowest BCUT2D eigenvalue weighted by atomic mass is 9.88. The maximum atomic E-state index is 8.77. The third kappa shape index (κ3) is 4.29. The first-order chi connectivity index (χ1) is 9.29. The van der Waals surface area contributed by atoms with Crippen LogP contribution in [0.1, 0.15) is 44.6 Å². The molecule has 0 amide bonds. The molecule has 2 rings (SSSR count). The van der Waals surface area contributed by atoms with Crippen LogP contribution in [0.3, 0.4) is 0 Å². The summed E-state index contributed by atoms with van der Waals surface area (Å²) in [6.45, 7) is 2.40. The summed E-state index contributed by atoms with van der Waals surface area (Å²) in [5.74, 6) is 7.68. The van der Waals surface area contributed by atoms with Crippen LogP contribution in [-0.4, -0.2) is 17.8 Å². The maximum Gasteiger partial charge on any atom is 0.135 e. The second-order valence-electron chi connectivity index (χ2n) is 5.28. The van der Waals surface area contributed by atoms with E-state index in [9.17, 15) is 0 Å². The molecule has 0 spiro atoms. The second kappa shape index (κ2) is 7.21. The smallest absolute Gasteiger partial charge is 0.135 e. The molecule has 102 valence electrons. The van der Waals surface area contributed by atoms with E-state index < -0.39 is 0 Å². The molecule has 2 nitrogen and oxygen atoms in total. The van der Waals surface area contributed by atoms with Gasteiger partial charge in [0.15, 0.2) is 0 Å². The fourth-order valence-electron chi connectivity index (χ4n) is 2.55. The maximum absolute atomic E-state index is 8.77. The van der Waals surface area contributed by atoms with Gasteiger partial charge in [-0.2, -0.15) is 0 Å². The first kappa shape index (κ1) is 14.0. The molecule has 1 N–H and O–H groups in total. The van der Waals surface area contributed by atoms with E-state index in [0.29, 0.717) is 12.5 Å². The minimum absolute atomic E-state index is 0.107. The van der Waals surface area contributed by atoms with Crippen molar-refractivity contribution < 1.29 is 9.84 Å². The van der Waals surface area contributed by atoms with Gasteiger partial charge in [0.1, 0.15) is 5.75 Å². The number of rotatable bonds is 3. The van der Waals surface area contributed by atoms with Crippen molar-refractivity contribution in [1.82, 2.24) is 0 Å². The lowest BCUT2D eigenvalue weighted by Gasteiger charge is -2.27. The molecule has 1 aliphatic rings. The van der Waals surface area contributed by atoms with Crippen LogP contribution in [0.2, 0.25) is 0 Å². The van der Waals surface area contributed by atoms with Gasteiger partial charge in [0.2, 0.25) is 0 Å². The molecule has 1 aromatic carbocycles. The lowest BCUT2D eigenvalue weighted by molar-refractivity contribution is 0.129. The van der Waals surface area contributed by atoms with Gasteiger partial charge in [0, 0.05) is 6.42 Å². The number of benzene rings is 1. The molecule has 1 fully saturated rings. The summed E-state index contributed by atoms with van der Waals surface area (Å²) in [4.78, 5) is 0. The molecule has 0 radical (unpaired) electrons. The molecule has 0 aliphatic heterocycles. The van der Waals surface area contributed by atoms with Gasteiger partial charge >= 0.3 is 0 Å². The van der Waals surface area contributed by atoms with Gasteiger partial charge in [-0.3, -0.25) is 0 Å². The summed E-state index contributed by atoms with van der Waals surface area (Å²) in [6, 6.07) is 7.92. The molecular weight excluding hydrogens is 236 g/mol. The first-order valence-electron chi connectivity index (χ1n) is 7.15. The van der Waals surface area contributed by atoms with Crippen LogP contribution in [0.15, 0.2) is 24.3 Å². The zero-order valence-corrected chi connectivity index (χ0v) is 11.6. The summed E-state index contributed by atoms with van der Waals surface area (Å²) in [6.07, 6.45) is 5.68. The predicted molar refractivity (Wildman–Crippen MR) is 77.1 cm³/mol. The second-order valence-corrected chi connectivity index (χ2v) is 5.28. The molecule has 1 saturated carbocycles. The Kier molecular flexibility index (Phi) is 5.30. The summed E-state index contributed by atoms with van der Waals surface area (Å²) >= 11 is 0. The van der Waals surface area contributed by atoms with Crippen LogP contribution < -0.4 is 4.74 Å². The molecule has 1 aromatic rings. The van der Waals surface area contributed by atoms with Crippen molar-refractivity contribution in [2.75, 3.05) is 6.61 Å². The highest BCUT2D eigenvalue weighted by Crippen LogP contribution is 2.28. The molecule has 2 heteroatoms. The van der Waals surface area contributed by atoms with Gasteiger partial charge in [0.05, 0.1) is 18.3 Å². The number of aliphatic hydroxyl groups excluding tert-OH is 1. The van der Waals surface area contributed by atoms with Crippen LogP contribution in [0.5, 0.6) is 5.75 Å². The zero-order chi connectivity index (χ0) is 13.5. The lowest BCUT2D eigenvalue weighted by Crippen LogP contribution is -2.24. The van der Waals surface area contributed by atoms with Gasteiger partial charge in [-0.15, -0.1) is 0 Å². The van der Waals surface area contributed by atoms with Crippen molar-refractivity contribution in [1.29, 1.82) is 0 Å². The van der Waals surface area contributed by atoms with E-state index in [2.05, 4.69) is 18.8 Å². The monoisotopic (exact) mass is 258 g/mol. The molecule has 2 unspecified atom stereocenters. The quantitative estimate of drug-likeness (QED) is 0.842. The first-order valence-corrected chi connectivity index (χ1v) is 7.15. The Hall–Kier alpha value is -1.46. The molecule has 19 heavy (non-hydrogen) atoms. The van der Waals surface area contributed by atoms with Gasteiger partial charge in [-0.05, 0) is 37.3 Å². The van der Waals surface area contributed by atoms with Crippen molar-refractivity contribution in [3.8, 4) is 17.6 Å². The van der Waals surface area contributed by atoms with Gasteiger partial charge < -0.3 is 9.84 Å². The van der Waals surface area contributed by atoms with E-state index in [0.717, 1.165) is 30.1 Å². The fourth-order valence-corrected chi connectivity index (χ4v) is 2.55. The Balaban J connectivity index is 2.05. The number of hydrogen-bond donors (Lipinski definition) is 1. The van der Waals surface area contributed by atoms with Crippen LogP contribution in [0, 0.1) is 17.8 Å². The largest absolute Gasteiger partial charge is 0.489 e. The molecule has 2 atom stereocenters. The van der Waals surface area contributed by atoms with Crippen molar-refractivity contribution in [3.05, 3.63) is 29.8 Å². The van der Waals surface area contributed by atoms with E-state index in [-0.39, 0.29) is 6.61 Å². The van der Waals surface area contributed by atoms with Crippen molar-refractivity contribution in [2.45, 2.75) is 45.1 Å². The van der Waals surface area contributed by atoms with Gasteiger partial charge in [-0.1, -0.05) is 37.3 Å². The van der Waals surface area contributed by atoms with Crippen molar-refractivity contribution in [3.63, 3.8) is 0 Å². The normalized spacial score (nSPS) is 22.4. The number of aliphatic hydroxyl groups is 1. The van der Waals surface area contributed by atoms with E-state index >= 15 is 0 Å². The van der Waals surface area contributed by atoms with Crippen LogP contribution in [-0.2, 0) is 0 Å². The molecule has 0 heterocycles. The highest BCUT2D eigenvalue weighted by molar-refractivity contribution is 5.46. The Morgan fingerprint density at radius 1 is 1.32 bits per heavy atom. The Morgan fingerprint density at radius 3 is 2.95 bits per heavy atom. The molecule has 0 aromatic heterocycles. The van der Waals surface area contributed by atoms with E-state index in [1.54, 1.807) is 0 Å². The number of para-hydroxylation sites is 1. The average Bonchev–Trinajstić information content (AvgIpc) is 2.41.